The van der Waals surface area contributed by atoms with Crippen LogP contribution in [-0.2, 0) is 25.7 Å². The van der Waals surface area contributed by atoms with Crippen LogP contribution < -0.4 is 27.4 Å². The Morgan fingerprint density at radius 1 is 1.06 bits per heavy atom. The second kappa shape index (κ2) is 13.2. The van der Waals surface area contributed by atoms with Crippen molar-refractivity contribution in [2.24, 2.45) is 17.4 Å². The van der Waals surface area contributed by atoms with Crippen LogP contribution in [0.5, 0.6) is 0 Å². The third-order valence-electron chi connectivity index (χ3n) is 4.53. The molecule has 0 unspecified atom stereocenters. The Morgan fingerprint density at radius 2 is 1.71 bits per heavy atom. The van der Waals surface area contributed by atoms with Gasteiger partial charge in [-0.05, 0) is 36.5 Å². The van der Waals surface area contributed by atoms with Gasteiger partial charge in [-0.25, -0.2) is 4.79 Å². The van der Waals surface area contributed by atoms with Crippen LogP contribution in [0.15, 0.2) is 24.3 Å². The predicted octanol–water partition coefficient (Wildman–Crippen LogP) is 0.995. The smallest absolute Gasteiger partial charge is 0.312 e. The van der Waals surface area contributed by atoms with E-state index in [0.717, 1.165) is 5.56 Å². The van der Waals surface area contributed by atoms with E-state index >= 15 is 0 Å². The van der Waals surface area contributed by atoms with Gasteiger partial charge in [-0.1, -0.05) is 32.9 Å². The quantitative estimate of drug-likeness (QED) is 0.242. The molecule has 0 aliphatic rings. The van der Waals surface area contributed by atoms with Crippen LogP contribution in [0.1, 0.15) is 45.6 Å². The summed E-state index contributed by atoms with van der Waals surface area (Å²) in [6, 6.07) is 4.59. The van der Waals surface area contributed by atoms with Crippen molar-refractivity contribution in [2.45, 2.75) is 58.7 Å². The minimum Gasteiger partial charge on any atom is -0.461 e. The van der Waals surface area contributed by atoms with Gasteiger partial charge in [-0.15, -0.1) is 0 Å². The van der Waals surface area contributed by atoms with Crippen molar-refractivity contribution in [3.05, 3.63) is 29.8 Å². The summed E-state index contributed by atoms with van der Waals surface area (Å²) in [4.78, 5) is 47.2. The zero-order valence-electron chi connectivity index (χ0n) is 18.3. The van der Waals surface area contributed by atoms with E-state index in [-0.39, 0.29) is 31.5 Å². The monoisotopic (exact) mass is 435 g/mol. The van der Waals surface area contributed by atoms with Crippen molar-refractivity contribution < 1.29 is 23.9 Å². The zero-order chi connectivity index (χ0) is 23.4. The summed E-state index contributed by atoms with van der Waals surface area (Å²) in [5.74, 6) is -1.21. The van der Waals surface area contributed by atoms with Gasteiger partial charge in [-0.2, -0.15) is 0 Å². The third-order valence-corrected chi connectivity index (χ3v) is 4.53. The minimum atomic E-state index is -0.836. The molecule has 1 rings (SSSR count). The predicted molar refractivity (Wildman–Crippen MR) is 117 cm³/mol. The first kappa shape index (κ1) is 25.9. The summed E-state index contributed by atoms with van der Waals surface area (Å²) in [6.07, 6.45) is 1.02. The van der Waals surface area contributed by atoms with Gasteiger partial charge < -0.3 is 32.2 Å². The van der Waals surface area contributed by atoms with Crippen LogP contribution in [0.2, 0.25) is 0 Å². The highest BCUT2D eigenvalue weighted by Gasteiger charge is 2.25. The van der Waals surface area contributed by atoms with E-state index in [4.69, 9.17) is 16.2 Å². The molecule has 1 aromatic rings. The molecule has 172 valence electrons. The van der Waals surface area contributed by atoms with E-state index < -0.39 is 29.9 Å². The van der Waals surface area contributed by atoms with Gasteiger partial charge in [0, 0.05) is 18.7 Å². The average molecular weight is 436 g/mol. The Labute approximate surface area is 182 Å². The van der Waals surface area contributed by atoms with Crippen LogP contribution in [0.4, 0.5) is 10.5 Å². The van der Waals surface area contributed by atoms with Crippen molar-refractivity contribution in [1.29, 1.82) is 0 Å². The van der Waals surface area contributed by atoms with E-state index in [1.165, 1.54) is 0 Å². The molecular weight excluding hydrogens is 402 g/mol. The van der Waals surface area contributed by atoms with Gasteiger partial charge in [0.1, 0.15) is 12.6 Å². The van der Waals surface area contributed by atoms with Crippen molar-refractivity contribution in [3.63, 3.8) is 0 Å². The van der Waals surface area contributed by atoms with Crippen LogP contribution in [0.3, 0.4) is 0 Å². The molecular formula is C21H33N5O5. The summed E-state index contributed by atoms with van der Waals surface area (Å²) in [5, 5.41) is 7.88. The zero-order valence-corrected chi connectivity index (χ0v) is 18.3. The fourth-order valence-electron chi connectivity index (χ4n) is 2.54. The number of amides is 4. The number of nitrogens with two attached hydrogens (primary N) is 2. The molecule has 0 bridgehead atoms. The fraction of sp³-hybridized carbons (Fsp3) is 0.524. The number of urea groups is 1. The molecule has 0 aliphatic heterocycles. The molecule has 0 aromatic heterocycles. The van der Waals surface area contributed by atoms with Gasteiger partial charge in [0.05, 0.1) is 6.04 Å². The number of hydrogen-bond donors (Lipinski definition) is 5. The highest BCUT2D eigenvalue weighted by atomic mass is 16.5. The molecule has 0 saturated heterocycles. The number of ether oxygens (including phenoxy) is 1. The van der Waals surface area contributed by atoms with Crippen molar-refractivity contribution in [2.75, 3.05) is 11.9 Å². The van der Waals surface area contributed by atoms with Crippen LogP contribution >= 0.6 is 0 Å². The number of esters is 1. The second-order valence-electron chi connectivity index (χ2n) is 7.46. The maximum absolute atomic E-state index is 12.8. The molecule has 4 amide bonds. The van der Waals surface area contributed by atoms with E-state index in [9.17, 15) is 19.2 Å². The molecule has 0 radical (unpaired) electrons. The Bertz CT molecular complexity index is 751. The maximum Gasteiger partial charge on any atom is 0.312 e. The third kappa shape index (κ3) is 9.94. The van der Waals surface area contributed by atoms with Crippen molar-refractivity contribution >= 4 is 29.5 Å². The van der Waals surface area contributed by atoms with E-state index in [1.54, 1.807) is 31.2 Å². The normalized spacial score (nSPS) is 12.5. The number of benzene rings is 1. The highest BCUT2D eigenvalue weighted by molar-refractivity contribution is 5.97. The number of nitrogens with one attached hydrogen (secondary N) is 3. The lowest BCUT2D eigenvalue weighted by atomic mass is 10.0. The van der Waals surface area contributed by atoms with Crippen LogP contribution in [-0.4, -0.2) is 42.4 Å². The standard InChI is InChI=1S/C21H33N5O5/c1-4-17(27)31-12-14-7-9-15(10-8-14)25-19(28)16(6-5-11-24-21(23)30)26-20(29)18(22)13(2)3/h7-10,13,16,18H,4-6,11-12,22H2,1-3H3,(H,25,28)(H,26,29)(H3,23,24,30)/t16-,18-/m0/s1. The van der Waals surface area contributed by atoms with Gasteiger partial charge in [0.2, 0.25) is 11.8 Å². The van der Waals surface area contributed by atoms with Gasteiger partial charge >= 0.3 is 12.0 Å². The minimum absolute atomic E-state index is 0.0883. The number of carbonyl (C=O) groups excluding carboxylic acids is 4. The lowest BCUT2D eigenvalue weighted by molar-refractivity contribution is -0.144. The van der Waals surface area contributed by atoms with Crippen LogP contribution in [0, 0.1) is 5.92 Å². The van der Waals surface area contributed by atoms with Crippen molar-refractivity contribution in [1.82, 2.24) is 10.6 Å². The lowest BCUT2D eigenvalue weighted by Crippen LogP contribution is -2.51. The number of primary amides is 1. The maximum atomic E-state index is 12.8. The first-order valence-electron chi connectivity index (χ1n) is 10.3. The molecule has 0 heterocycles. The van der Waals surface area contributed by atoms with E-state index in [2.05, 4.69) is 16.0 Å². The summed E-state index contributed by atoms with van der Waals surface area (Å²) in [5.41, 5.74) is 12.2. The lowest BCUT2D eigenvalue weighted by Gasteiger charge is -2.22. The van der Waals surface area contributed by atoms with E-state index in [1.807, 2.05) is 13.8 Å². The number of hydrogen-bond acceptors (Lipinski definition) is 6. The molecule has 0 spiro atoms. The Morgan fingerprint density at radius 3 is 2.26 bits per heavy atom. The first-order valence-corrected chi connectivity index (χ1v) is 10.3. The summed E-state index contributed by atoms with van der Waals surface area (Å²) >= 11 is 0. The Kier molecular flexibility index (Phi) is 11.0. The number of rotatable bonds is 12. The van der Waals surface area contributed by atoms with Crippen LogP contribution in [0.25, 0.3) is 0 Å². The molecule has 0 fully saturated rings. The van der Waals surface area contributed by atoms with Crippen molar-refractivity contribution in [3.8, 4) is 0 Å². The molecule has 0 saturated carbocycles. The Balaban J connectivity index is 2.74. The number of carbonyl (C=O) groups is 4. The largest absolute Gasteiger partial charge is 0.461 e. The molecule has 31 heavy (non-hydrogen) atoms. The Hall–Kier alpha value is -3.14. The SMILES string of the molecule is CCC(=O)OCc1ccc(NC(=O)[C@H](CCCNC(N)=O)NC(=O)[C@@H](N)C(C)C)cc1. The molecule has 1 aromatic carbocycles. The molecule has 7 N–H and O–H groups in total. The summed E-state index contributed by atoms with van der Waals surface area (Å²) < 4.78 is 5.07. The average Bonchev–Trinajstić information content (AvgIpc) is 2.73. The second-order valence-corrected chi connectivity index (χ2v) is 7.46. The van der Waals surface area contributed by atoms with Gasteiger partial charge in [0.15, 0.2) is 0 Å². The molecule has 10 nitrogen and oxygen atoms in total. The molecule has 2 atom stereocenters. The molecule has 10 heteroatoms. The van der Waals surface area contributed by atoms with Gasteiger partial charge in [0.25, 0.3) is 0 Å². The fourth-order valence-corrected chi connectivity index (χ4v) is 2.54. The number of anilines is 1. The topological polar surface area (TPSA) is 166 Å². The molecule has 0 aliphatic carbocycles. The van der Waals surface area contributed by atoms with Gasteiger partial charge in [-0.3, -0.25) is 14.4 Å². The van der Waals surface area contributed by atoms with E-state index in [0.29, 0.717) is 18.5 Å². The summed E-state index contributed by atoms with van der Waals surface area (Å²) in [7, 11) is 0. The highest BCUT2D eigenvalue weighted by Crippen LogP contribution is 2.12. The first-order chi connectivity index (χ1) is 14.6. The summed E-state index contributed by atoms with van der Waals surface area (Å²) in [6.45, 7) is 5.77.